The Morgan fingerprint density at radius 3 is 2.32 bits per heavy atom. The lowest BCUT2D eigenvalue weighted by atomic mass is 9.87. The summed E-state index contributed by atoms with van der Waals surface area (Å²) in [5.74, 6) is 0.861. The zero-order valence-corrected chi connectivity index (χ0v) is 15.8. The van der Waals surface area contributed by atoms with E-state index in [0.717, 1.165) is 30.6 Å². The number of rotatable bonds is 5. The highest BCUT2D eigenvalue weighted by atomic mass is 16.1. The lowest BCUT2D eigenvalue weighted by molar-refractivity contribution is 0.0932. The molecule has 132 valence electrons. The molecule has 0 saturated carbocycles. The average Bonchev–Trinajstić information content (AvgIpc) is 2.60. The normalized spacial score (nSPS) is 17.8. The second-order valence-corrected chi connectivity index (χ2v) is 7.87. The largest absolute Gasteiger partial charge is 0.294 e. The summed E-state index contributed by atoms with van der Waals surface area (Å²) >= 11 is 0. The zero-order valence-electron chi connectivity index (χ0n) is 15.8. The van der Waals surface area contributed by atoms with Crippen LogP contribution in [0.4, 0.5) is 0 Å². The number of ketones is 1. The molecule has 3 rings (SSSR count). The van der Waals surface area contributed by atoms with Crippen molar-refractivity contribution >= 4 is 5.78 Å². The Morgan fingerprint density at radius 2 is 1.64 bits per heavy atom. The molecule has 1 aliphatic heterocycles. The van der Waals surface area contributed by atoms with Crippen molar-refractivity contribution in [1.82, 2.24) is 4.90 Å². The maximum atomic E-state index is 12.6. The van der Waals surface area contributed by atoms with Crippen molar-refractivity contribution in [1.29, 1.82) is 0 Å². The maximum absolute atomic E-state index is 12.6. The SMILES string of the molecule is CC(C)C(=O)c1ccccc1CN1Cc2ccccc2CC1C(C)C. The first-order valence-electron chi connectivity index (χ1n) is 9.40. The van der Waals surface area contributed by atoms with Crippen LogP contribution < -0.4 is 0 Å². The number of hydrogen-bond donors (Lipinski definition) is 0. The second kappa shape index (κ2) is 7.53. The van der Waals surface area contributed by atoms with Gasteiger partial charge in [0.05, 0.1) is 0 Å². The van der Waals surface area contributed by atoms with Crippen LogP contribution in [0.15, 0.2) is 48.5 Å². The van der Waals surface area contributed by atoms with E-state index >= 15 is 0 Å². The summed E-state index contributed by atoms with van der Waals surface area (Å²) in [5, 5.41) is 0. The topological polar surface area (TPSA) is 20.3 Å². The molecule has 1 atom stereocenters. The molecule has 2 heteroatoms. The molecule has 0 aromatic heterocycles. The van der Waals surface area contributed by atoms with Crippen LogP contribution in [-0.4, -0.2) is 16.7 Å². The molecule has 1 unspecified atom stereocenters. The predicted octanol–water partition coefficient (Wildman–Crippen LogP) is 5.11. The van der Waals surface area contributed by atoms with Crippen LogP contribution in [0, 0.1) is 11.8 Å². The highest BCUT2D eigenvalue weighted by Gasteiger charge is 2.29. The van der Waals surface area contributed by atoms with Crippen molar-refractivity contribution in [2.45, 2.75) is 53.2 Å². The third-order valence-corrected chi connectivity index (χ3v) is 5.34. The molecule has 0 N–H and O–H groups in total. The quantitative estimate of drug-likeness (QED) is 0.708. The van der Waals surface area contributed by atoms with E-state index < -0.39 is 0 Å². The molecule has 0 fully saturated rings. The summed E-state index contributed by atoms with van der Waals surface area (Å²) < 4.78 is 0. The van der Waals surface area contributed by atoms with E-state index in [1.54, 1.807) is 0 Å². The summed E-state index contributed by atoms with van der Waals surface area (Å²) in [5.41, 5.74) is 4.95. The standard InChI is InChI=1S/C23H29NO/c1-16(2)22-13-18-9-5-6-10-19(18)14-24(22)15-20-11-7-8-12-21(20)23(25)17(3)4/h5-12,16-17,22H,13-15H2,1-4H3. The van der Waals surface area contributed by atoms with Crippen LogP contribution in [0.2, 0.25) is 0 Å². The van der Waals surface area contributed by atoms with E-state index in [0.29, 0.717) is 12.0 Å². The maximum Gasteiger partial charge on any atom is 0.165 e. The van der Waals surface area contributed by atoms with Crippen molar-refractivity contribution in [2.75, 3.05) is 0 Å². The summed E-state index contributed by atoms with van der Waals surface area (Å²) in [6.45, 7) is 10.4. The van der Waals surface area contributed by atoms with Gasteiger partial charge in [0.2, 0.25) is 0 Å². The van der Waals surface area contributed by atoms with E-state index in [2.05, 4.69) is 55.1 Å². The average molecular weight is 335 g/mol. The first-order chi connectivity index (χ1) is 12.0. The van der Waals surface area contributed by atoms with Crippen LogP contribution in [0.25, 0.3) is 0 Å². The molecule has 2 aromatic rings. The van der Waals surface area contributed by atoms with Crippen LogP contribution in [0.3, 0.4) is 0 Å². The molecule has 1 heterocycles. The van der Waals surface area contributed by atoms with Gasteiger partial charge in [0.25, 0.3) is 0 Å². The lowest BCUT2D eigenvalue weighted by Gasteiger charge is -2.39. The minimum absolute atomic E-state index is 0.0316. The molecule has 0 bridgehead atoms. The highest BCUT2D eigenvalue weighted by Crippen LogP contribution is 2.29. The van der Waals surface area contributed by atoms with E-state index in [9.17, 15) is 4.79 Å². The fourth-order valence-electron chi connectivity index (χ4n) is 3.86. The number of nitrogens with zero attached hydrogens (tertiary/aromatic N) is 1. The van der Waals surface area contributed by atoms with Crippen LogP contribution in [0.5, 0.6) is 0 Å². The van der Waals surface area contributed by atoms with Gasteiger partial charge in [-0.2, -0.15) is 0 Å². The summed E-state index contributed by atoms with van der Waals surface area (Å²) in [6.07, 6.45) is 1.09. The molecule has 25 heavy (non-hydrogen) atoms. The van der Waals surface area contributed by atoms with Gasteiger partial charge in [-0.1, -0.05) is 76.2 Å². The minimum atomic E-state index is 0.0316. The smallest absolute Gasteiger partial charge is 0.165 e. The van der Waals surface area contributed by atoms with Gasteiger partial charge in [-0.05, 0) is 29.0 Å². The number of benzene rings is 2. The number of carbonyl (C=O) groups excluding carboxylic acids is 1. The molecule has 0 aliphatic carbocycles. The summed E-state index contributed by atoms with van der Waals surface area (Å²) in [4.78, 5) is 15.2. The zero-order chi connectivity index (χ0) is 18.0. The fraction of sp³-hybridized carbons (Fsp3) is 0.435. The fourth-order valence-corrected chi connectivity index (χ4v) is 3.86. The number of fused-ring (bicyclic) bond motifs is 1. The molecular weight excluding hydrogens is 306 g/mol. The Balaban J connectivity index is 1.90. The van der Waals surface area contributed by atoms with Gasteiger partial charge in [-0.25, -0.2) is 0 Å². The van der Waals surface area contributed by atoms with Crippen molar-refractivity contribution in [3.8, 4) is 0 Å². The molecule has 0 saturated heterocycles. The monoisotopic (exact) mass is 335 g/mol. The lowest BCUT2D eigenvalue weighted by Crippen LogP contribution is -2.43. The van der Waals surface area contributed by atoms with Gasteiger partial charge in [0.15, 0.2) is 5.78 Å². The molecule has 2 nitrogen and oxygen atoms in total. The summed E-state index contributed by atoms with van der Waals surface area (Å²) in [7, 11) is 0. The predicted molar refractivity (Wildman–Crippen MR) is 104 cm³/mol. The highest BCUT2D eigenvalue weighted by molar-refractivity contribution is 5.98. The van der Waals surface area contributed by atoms with E-state index in [-0.39, 0.29) is 11.7 Å². The third kappa shape index (κ3) is 3.85. The Morgan fingerprint density at radius 1 is 1.00 bits per heavy atom. The first-order valence-corrected chi connectivity index (χ1v) is 9.40. The van der Waals surface area contributed by atoms with Gasteiger partial charge in [-0.15, -0.1) is 0 Å². The van der Waals surface area contributed by atoms with Crippen LogP contribution in [0.1, 0.15) is 54.7 Å². The van der Waals surface area contributed by atoms with Crippen molar-refractivity contribution in [3.05, 3.63) is 70.8 Å². The van der Waals surface area contributed by atoms with Gasteiger partial charge >= 0.3 is 0 Å². The van der Waals surface area contributed by atoms with E-state index in [1.165, 1.54) is 11.1 Å². The molecule has 0 spiro atoms. The van der Waals surface area contributed by atoms with Gasteiger partial charge in [0.1, 0.15) is 0 Å². The first kappa shape index (κ1) is 17.9. The second-order valence-electron chi connectivity index (χ2n) is 7.87. The Bertz CT molecular complexity index is 747. The molecule has 1 aliphatic rings. The molecule has 0 amide bonds. The van der Waals surface area contributed by atoms with E-state index in [4.69, 9.17) is 0 Å². The van der Waals surface area contributed by atoms with Crippen LogP contribution >= 0.6 is 0 Å². The van der Waals surface area contributed by atoms with Crippen molar-refractivity contribution in [3.63, 3.8) is 0 Å². The van der Waals surface area contributed by atoms with Gasteiger partial charge < -0.3 is 0 Å². The van der Waals surface area contributed by atoms with Crippen molar-refractivity contribution < 1.29 is 4.79 Å². The Kier molecular flexibility index (Phi) is 5.39. The van der Waals surface area contributed by atoms with Gasteiger partial charge in [-0.3, -0.25) is 9.69 Å². The number of carbonyl (C=O) groups is 1. The molecule has 0 radical (unpaired) electrons. The van der Waals surface area contributed by atoms with Gasteiger partial charge in [0, 0.05) is 30.6 Å². The number of Topliss-reactive ketones (excluding diaryl/α,β-unsaturated/α-hetero) is 1. The van der Waals surface area contributed by atoms with E-state index in [1.807, 2.05) is 26.0 Å². The summed E-state index contributed by atoms with van der Waals surface area (Å²) in [6, 6.07) is 17.4. The third-order valence-electron chi connectivity index (χ3n) is 5.34. The Hall–Kier alpha value is -1.93. The number of hydrogen-bond acceptors (Lipinski definition) is 2. The van der Waals surface area contributed by atoms with Crippen molar-refractivity contribution in [2.24, 2.45) is 11.8 Å². The van der Waals surface area contributed by atoms with Crippen LogP contribution in [-0.2, 0) is 19.5 Å². The molecule has 2 aromatic carbocycles. The minimum Gasteiger partial charge on any atom is -0.294 e. The Labute approximate surface area is 151 Å². The molecular formula is C23H29NO.